The molecule has 0 aromatic rings. The fourth-order valence-electron chi connectivity index (χ4n) is 0.267. The molecule has 0 amide bonds. The van der Waals surface area contributed by atoms with Gasteiger partial charge in [-0.2, -0.15) is 0 Å². The Morgan fingerprint density at radius 2 is 1.60 bits per heavy atom. The first-order chi connectivity index (χ1) is 4.19. The van der Waals surface area contributed by atoms with Crippen LogP contribution in [-0.2, 0) is 0 Å². The highest BCUT2D eigenvalue weighted by Gasteiger charge is 2.55. The number of alkyl halides is 4. The number of hydrogen-bond donors (Lipinski definition) is 1. The van der Waals surface area contributed by atoms with E-state index in [1.54, 1.807) is 0 Å². The molecule has 0 aliphatic rings. The molecule has 62 valence electrons. The van der Waals surface area contributed by atoms with Gasteiger partial charge in [0.25, 0.3) is 14.7 Å². The second kappa shape index (κ2) is 2.50. The third-order valence-corrected chi connectivity index (χ3v) is 2.94. The van der Waals surface area contributed by atoms with Crippen molar-refractivity contribution in [1.29, 1.82) is 0 Å². The van der Waals surface area contributed by atoms with Gasteiger partial charge in [-0.15, -0.1) is 0 Å². The van der Waals surface area contributed by atoms with Crippen molar-refractivity contribution >= 4 is 8.32 Å². The standard InChI is InChI=1S/C4H8F4OSi/c1-10(2,9)4(7,8)3(5)6/h3,9H,1-2H3. The van der Waals surface area contributed by atoms with E-state index in [0.717, 1.165) is 13.1 Å². The van der Waals surface area contributed by atoms with Crippen LogP contribution in [0.15, 0.2) is 0 Å². The molecule has 1 nitrogen and oxygen atoms in total. The van der Waals surface area contributed by atoms with E-state index in [1.165, 1.54) is 0 Å². The van der Waals surface area contributed by atoms with Gasteiger partial charge < -0.3 is 4.80 Å². The highest BCUT2D eigenvalue weighted by molar-refractivity contribution is 6.72. The molecule has 10 heavy (non-hydrogen) atoms. The molecule has 0 aliphatic heterocycles. The molecule has 1 N–H and O–H groups in total. The van der Waals surface area contributed by atoms with Gasteiger partial charge in [-0.1, -0.05) is 0 Å². The lowest BCUT2D eigenvalue weighted by atomic mass is 10.7. The van der Waals surface area contributed by atoms with Crippen LogP contribution < -0.4 is 0 Å². The Kier molecular flexibility index (Phi) is 2.47. The van der Waals surface area contributed by atoms with Crippen LogP contribution in [0.5, 0.6) is 0 Å². The molecule has 0 radical (unpaired) electrons. The van der Waals surface area contributed by atoms with E-state index in [9.17, 15) is 17.6 Å². The molecule has 0 fully saturated rings. The van der Waals surface area contributed by atoms with Gasteiger partial charge in [0.05, 0.1) is 0 Å². The SMILES string of the molecule is C[Si](C)(O)C(F)(F)C(F)F. The Labute approximate surface area is 56.8 Å². The van der Waals surface area contributed by atoms with Crippen LogP contribution in [0.3, 0.4) is 0 Å². The van der Waals surface area contributed by atoms with Crippen molar-refractivity contribution in [3.63, 3.8) is 0 Å². The van der Waals surface area contributed by atoms with Gasteiger partial charge in [-0.3, -0.25) is 0 Å². The maximum absolute atomic E-state index is 12.1. The highest BCUT2D eigenvalue weighted by atomic mass is 28.4. The van der Waals surface area contributed by atoms with Crippen LogP contribution in [0, 0.1) is 0 Å². The van der Waals surface area contributed by atoms with E-state index in [-0.39, 0.29) is 0 Å². The van der Waals surface area contributed by atoms with Crippen LogP contribution in [0.2, 0.25) is 13.1 Å². The Morgan fingerprint density at radius 1 is 1.30 bits per heavy atom. The lowest BCUT2D eigenvalue weighted by Gasteiger charge is -2.25. The zero-order valence-electron chi connectivity index (χ0n) is 5.54. The summed E-state index contributed by atoms with van der Waals surface area (Å²) in [5.74, 6) is 0. The summed E-state index contributed by atoms with van der Waals surface area (Å²) < 4.78 is 47.1. The zero-order chi connectivity index (χ0) is 8.58. The first kappa shape index (κ1) is 9.90. The topological polar surface area (TPSA) is 20.2 Å². The number of hydrogen-bond acceptors (Lipinski definition) is 1. The highest BCUT2D eigenvalue weighted by Crippen LogP contribution is 2.31. The molecular formula is C4H8F4OSi. The Hall–Kier alpha value is -0.103. The molecule has 0 spiro atoms. The quantitative estimate of drug-likeness (QED) is 0.500. The van der Waals surface area contributed by atoms with Crippen molar-refractivity contribution in [3.05, 3.63) is 0 Å². The Balaban J connectivity index is 4.40. The molecule has 0 saturated carbocycles. The van der Waals surface area contributed by atoms with Gasteiger partial charge in [0.1, 0.15) is 0 Å². The minimum Gasteiger partial charge on any atom is -0.426 e. The molecule has 0 aliphatic carbocycles. The summed E-state index contributed by atoms with van der Waals surface area (Å²) in [5.41, 5.74) is -4.20. The summed E-state index contributed by atoms with van der Waals surface area (Å²) in [6, 6.07) is 0. The number of rotatable bonds is 2. The van der Waals surface area contributed by atoms with Gasteiger partial charge in [0, 0.05) is 0 Å². The van der Waals surface area contributed by atoms with Crippen LogP contribution in [-0.4, -0.2) is 25.1 Å². The predicted molar refractivity (Wildman–Crippen MR) is 30.7 cm³/mol. The molecule has 0 rings (SSSR count). The van der Waals surface area contributed by atoms with E-state index in [1.807, 2.05) is 0 Å². The zero-order valence-corrected chi connectivity index (χ0v) is 6.54. The second-order valence-electron chi connectivity index (χ2n) is 2.48. The van der Waals surface area contributed by atoms with E-state index in [4.69, 9.17) is 4.80 Å². The van der Waals surface area contributed by atoms with Crippen LogP contribution in [0.4, 0.5) is 17.6 Å². The summed E-state index contributed by atoms with van der Waals surface area (Å²) in [5, 5.41) is 0. The van der Waals surface area contributed by atoms with Gasteiger partial charge in [0.15, 0.2) is 0 Å². The number of halogens is 4. The fraction of sp³-hybridized carbons (Fsp3) is 1.00. The van der Waals surface area contributed by atoms with Gasteiger partial charge in [0.2, 0.25) is 0 Å². The average molecular weight is 176 g/mol. The van der Waals surface area contributed by atoms with E-state index >= 15 is 0 Å². The minimum atomic E-state index is -4.20. The van der Waals surface area contributed by atoms with E-state index in [0.29, 0.717) is 0 Å². The van der Waals surface area contributed by atoms with Crippen LogP contribution in [0.1, 0.15) is 0 Å². The summed E-state index contributed by atoms with van der Waals surface area (Å²) in [7, 11) is -4.03. The van der Waals surface area contributed by atoms with E-state index in [2.05, 4.69) is 0 Å². The summed E-state index contributed by atoms with van der Waals surface area (Å²) in [6.07, 6.45) is -3.76. The van der Waals surface area contributed by atoms with Crippen molar-refractivity contribution in [2.45, 2.75) is 25.1 Å². The molecule has 0 aromatic heterocycles. The molecule has 0 unspecified atom stereocenters. The maximum atomic E-state index is 12.1. The monoisotopic (exact) mass is 176 g/mol. The molecule has 0 aromatic carbocycles. The average Bonchev–Trinajstić information content (AvgIpc) is 1.62. The molecule has 0 saturated heterocycles. The first-order valence-corrected chi connectivity index (χ1v) is 5.52. The van der Waals surface area contributed by atoms with Gasteiger partial charge in [-0.25, -0.2) is 17.6 Å². The Bertz CT molecular complexity index is 119. The first-order valence-electron chi connectivity index (χ1n) is 2.58. The normalized spacial score (nSPS) is 14.4. The smallest absolute Gasteiger partial charge is 0.314 e. The summed E-state index contributed by atoms with van der Waals surface area (Å²) in [4.78, 5) is 8.62. The van der Waals surface area contributed by atoms with Gasteiger partial charge in [-0.05, 0) is 13.1 Å². The van der Waals surface area contributed by atoms with Crippen LogP contribution >= 0.6 is 0 Å². The maximum Gasteiger partial charge on any atom is 0.314 e. The largest absolute Gasteiger partial charge is 0.426 e. The molecule has 6 heteroatoms. The molecule has 0 heterocycles. The van der Waals surface area contributed by atoms with Crippen molar-refractivity contribution in [2.75, 3.05) is 0 Å². The van der Waals surface area contributed by atoms with Crippen molar-refractivity contribution in [3.8, 4) is 0 Å². The van der Waals surface area contributed by atoms with E-state index < -0.39 is 20.3 Å². The van der Waals surface area contributed by atoms with Crippen molar-refractivity contribution in [2.24, 2.45) is 0 Å². The van der Waals surface area contributed by atoms with Crippen molar-refractivity contribution in [1.82, 2.24) is 0 Å². The third-order valence-electron chi connectivity index (χ3n) is 1.09. The molecular weight excluding hydrogens is 168 g/mol. The lowest BCUT2D eigenvalue weighted by Crippen LogP contribution is -2.52. The molecule has 0 bridgehead atoms. The summed E-state index contributed by atoms with van der Waals surface area (Å²) in [6.45, 7) is 1.55. The molecule has 0 atom stereocenters. The Morgan fingerprint density at radius 3 is 1.60 bits per heavy atom. The summed E-state index contributed by atoms with van der Waals surface area (Å²) >= 11 is 0. The minimum absolute atomic E-state index is 0.777. The van der Waals surface area contributed by atoms with Gasteiger partial charge >= 0.3 is 5.55 Å². The lowest BCUT2D eigenvalue weighted by molar-refractivity contribution is -0.0811. The second-order valence-corrected chi connectivity index (χ2v) is 6.27. The third kappa shape index (κ3) is 1.69. The fourth-order valence-corrected chi connectivity index (χ4v) is 0.801. The van der Waals surface area contributed by atoms with Crippen LogP contribution in [0.25, 0.3) is 0 Å². The predicted octanol–water partition coefficient (Wildman–Crippen LogP) is 1.62. The van der Waals surface area contributed by atoms with Crippen molar-refractivity contribution < 1.29 is 22.4 Å².